The van der Waals surface area contributed by atoms with Gasteiger partial charge in [0.15, 0.2) is 0 Å². The van der Waals surface area contributed by atoms with Crippen LogP contribution in [0, 0.1) is 6.92 Å². The summed E-state index contributed by atoms with van der Waals surface area (Å²) < 4.78 is 1.46. The number of fused-ring (bicyclic) bond motifs is 1. The molecule has 0 atom stereocenters. The molecular weight excluding hydrogens is 256 g/mol. The van der Waals surface area contributed by atoms with Crippen LogP contribution in [0.25, 0.3) is 10.1 Å². The van der Waals surface area contributed by atoms with Crippen molar-refractivity contribution in [2.75, 3.05) is 0 Å². The normalized spacial score (nSPS) is 11.1. The molecule has 0 N–H and O–H groups in total. The molecule has 14 heavy (non-hydrogen) atoms. The summed E-state index contributed by atoms with van der Waals surface area (Å²) in [6, 6.07) is 6.80. The van der Waals surface area contributed by atoms with E-state index in [0.717, 1.165) is 11.8 Å². The smallest absolute Gasteiger partial charge is 0.0377 e. The van der Waals surface area contributed by atoms with E-state index in [1.807, 2.05) is 11.3 Å². The van der Waals surface area contributed by atoms with Crippen LogP contribution in [0.3, 0.4) is 0 Å². The number of hydrogen-bond acceptors (Lipinski definition) is 1. The van der Waals surface area contributed by atoms with E-state index in [-0.39, 0.29) is 0 Å². The first-order valence-electron chi connectivity index (χ1n) is 4.83. The first-order valence-corrected chi connectivity index (χ1v) is 6.77. The molecule has 0 fully saturated rings. The molecular formula is C12H13BrS. The van der Waals surface area contributed by atoms with E-state index in [9.17, 15) is 0 Å². The minimum absolute atomic E-state index is 0.967. The first-order chi connectivity index (χ1) is 6.76. The molecule has 0 spiro atoms. The molecule has 2 rings (SSSR count). The van der Waals surface area contributed by atoms with Crippen LogP contribution < -0.4 is 0 Å². The van der Waals surface area contributed by atoms with Gasteiger partial charge in [0.05, 0.1) is 0 Å². The van der Waals surface area contributed by atoms with Crippen LogP contribution in [-0.2, 0) is 11.8 Å². The van der Waals surface area contributed by atoms with E-state index >= 15 is 0 Å². The Hall–Kier alpha value is -0.340. The van der Waals surface area contributed by atoms with E-state index < -0.39 is 0 Å². The molecule has 0 radical (unpaired) electrons. The molecule has 2 aromatic rings. The Morgan fingerprint density at radius 2 is 2.14 bits per heavy atom. The number of rotatable bonds is 2. The number of benzene rings is 1. The largest absolute Gasteiger partial charge is 0.139 e. The molecule has 0 saturated heterocycles. The van der Waals surface area contributed by atoms with Crippen molar-refractivity contribution < 1.29 is 0 Å². The summed E-state index contributed by atoms with van der Waals surface area (Å²) in [7, 11) is 0. The maximum atomic E-state index is 3.52. The molecule has 0 saturated carbocycles. The van der Waals surface area contributed by atoms with Gasteiger partial charge in [-0.2, -0.15) is 0 Å². The lowest BCUT2D eigenvalue weighted by Crippen LogP contribution is -1.81. The van der Waals surface area contributed by atoms with Gasteiger partial charge in [-0.3, -0.25) is 0 Å². The van der Waals surface area contributed by atoms with E-state index in [4.69, 9.17) is 0 Å². The van der Waals surface area contributed by atoms with Gasteiger partial charge in [0.2, 0.25) is 0 Å². The molecule has 0 bridgehead atoms. The molecule has 0 nitrogen and oxygen atoms in total. The molecule has 1 aromatic heterocycles. The molecule has 74 valence electrons. The van der Waals surface area contributed by atoms with Gasteiger partial charge in [-0.1, -0.05) is 35.0 Å². The van der Waals surface area contributed by atoms with Crippen molar-refractivity contribution in [3.63, 3.8) is 0 Å². The summed E-state index contributed by atoms with van der Waals surface area (Å²) in [6.07, 6.45) is 1.12. The molecule has 0 amide bonds. The molecule has 0 aliphatic carbocycles. The number of hydrogen-bond donors (Lipinski definition) is 0. The Balaban J connectivity index is 2.74. The zero-order valence-electron chi connectivity index (χ0n) is 8.43. The second-order valence-corrected chi connectivity index (χ2v) is 5.18. The average molecular weight is 269 g/mol. The van der Waals surface area contributed by atoms with Gasteiger partial charge in [-0.05, 0) is 35.9 Å². The summed E-state index contributed by atoms with van der Waals surface area (Å²) in [5.41, 5.74) is 2.86. The van der Waals surface area contributed by atoms with Crippen LogP contribution in [-0.4, -0.2) is 0 Å². The molecule has 1 aromatic carbocycles. The SMILES string of the molecule is CCc1ccc(C)c2sc(CBr)cc12. The highest BCUT2D eigenvalue weighted by Gasteiger charge is 2.06. The van der Waals surface area contributed by atoms with E-state index in [2.05, 4.69) is 48.0 Å². The number of aryl methyl sites for hydroxylation is 2. The third-order valence-electron chi connectivity index (χ3n) is 2.53. The monoisotopic (exact) mass is 268 g/mol. The van der Waals surface area contributed by atoms with E-state index in [1.54, 1.807) is 0 Å². The van der Waals surface area contributed by atoms with Crippen LogP contribution in [0.1, 0.15) is 22.9 Å². The predicted molar refractivity (Wildman–Crippen MR) is 68.6 cm³/mol. The predicted octanol–water partition coefficient (Wildman–Crippen LogP) is 4.67. The van der Waals surface area contributed by atoms with Crippen LogP contribution in [0.15, 0.2) is 18.2 Å². The van der Waals surface area contributed by atoms with Crippen molar-refractivity contribution in [3.8, 4) is 0 Å². The summed E-state index contributed by atoms with van der Waals surface area (Å²) in [5.74, 6) is 0. The lowest BCUT2D eigenvalue weighted by atomic mass is 10.1. The van der Waals surface area contributed by atoms with E-state index in [1.165, 1.54) is 26.1 Å². The number of halogens is 1. The van der Waals surface area contributed by atoms with Crippen molar-refractivity contribution >= 4 is 37.4 Å². The van der Waals surface area contributed by atoms with Gasteiger partial charge >= 0.3 is 0 Å². The Kier molecular flexibility index (Phi) is 2.93. The van der Waals surface area contributed by atoms with Crippen molar-refractivity contribution in [3.05, 3.63) is 34.2 Å². The standard InChI is InChI=1S/C12H13BrS/c1-3-9-5-4-8(2)12-11(9)6-10(7-13)14-12/h4-6H,3,7H2,1-2H3. The number of thiophene rings is 1. The van der Waals surface area contributed by atoms with Gasteiger partial charge in [0.1, 0.15) is 0 Å². The summed E-state index contributed by atoms with van der Waals surface area (Å²) in [4.78, 5) is 1.42. The average Bonchev–Trinajstić information content (AvgIpc) is 2.63. The molecule has 0 aliphatic rings. The zero-order valence-corrected chi connectivity index (χ0v) is 10.8. The van der Waals surface area contributed by atoms with E-state index in [0.29, 0.717) is 0 Å². The third-order valence-corrected chi connectivity index (χ3v) is 4.78. The fourth-order valence-corrected chi connectivity index (χ4v) is 3.27. The lowest BCUT2D eigenvalue weighted by molar-refractivity contribution is 1.16. The zero-order chi connectivity index (χ0) is 10.1. The Labute approximate surface area is 97.1 Å². The topological polar surface area (TPSA) is 0 Å². The molecule has 0 unspecified atom stereocenters. The van der Waals surface area contributed by atoms with Crippen molar-refractivity contribution in [1.82, 2.24) is 0 Å². The van der Waals surface area contributed by atoms with Gasteiger partial charge < -0.3 is 0 Å². The highest BCUT2D eigenvalue weighted by Crippen LogP contribution is 2.32. The maximum Gasteiger partial charge on any atom is 0.0377 e. The molecule has 2 heteroatoms. The quantitative estimate of drug-likeness (QED) is 0.695. The van der Waals surface area contributed by atoms with Crippen molar-refractivity contribution in [1.29, 1.82) is 0 Å². The Morgan fingerprint density at radius 1 is 1.36 bits per heavy atom. The summed E-state index contributed by atoms with van der Waals surface area (Å²) in [5, 5.41) is 2.42. The highest BCUT2D eigenvalue weighted by molar-refractivity contribution is 9.08. The van der Waals surface area contributed by atoms with Crippen LogP contribution >= 0.6 is 27.3 Å². The Morgan fingerprint density at radius 3 is 2.79 bits per heavy atom. The highest BCUT2D eigenvalue weighted by atomic mass is 79.9. The van der Waals surface area contributed by atoms with Gasteiger partial charge in [0, 0.05) is 14.9 Å². The summed E-state index contributed by atoms with van der Waals surface area (Å²) >= 11 is 5.42. The van der Waals surface area contributed by atoms with Gasteiger partial charge in [-0.15, -0.1) is 11.3 Å². The molecule has 1 heterocycles. The number of alkyl halides is 1. The molecule has 0 aliphatic heterocycles. The first kappa shape index (κ1) is 10.2. The van der Waals surface area contributed by atoms with Crippen LogP contribution in [0.5, 0.6) is 0 Å². The minimum Gasteiger partial charge on any atom is -0.139 e. The second-order valence-electron chi connectivity index (χ2n) is 3.48. The van der Waals surface area contributed by atoms with Crippen molar-refractivity contribution in [2.45, 2.75) is 25.6 Å². The van der Waals surface area contributed by atoms with Gasteiger partial charge in [-0.25, -0.2) is 0 Å². The third kappa shape index (κ3) is 1.61. The van der Waals surface area contributed by atoms with Crippen molar-refractivity contribution in [2.24, 2.45) is 0 Å². The Bertz CT molecular complexity index is 457. The van der Waals surface area contributed by atoms with Crippen LogP contribution in [0.4, 0.5) is 0 Å². The van der Waals surface area contributed by atoms with Crippen LogP contribution in [0.2, 0.25) is 0 Å². The lowest BCUT2D eigenvalue weighted by Gasteiger charge is -2.01. The fraction of sp³-hybridized carbons (Fsp3) is 0.333. The maximum absolute atomic E-state index is 3.52. The minimum atomic E-state index is 0.967. The fourth-order valence-electron chi connectivity index (χ4n) is 1.74. The second kappa shape index (κ2) is 4.03. The van der Waals surface area contributed by atoms with Gasteiger partial charge in [0.25, 0.3) is 0 Å². The summed E-state index contributed by atoms with van der Waals surface area (Å²) in [6.45, 7) is 4.41.